The molecule has 0 saturated heterocycles. The van der Waals surface area contributed by atoms with Crippen molar-refractivity contribution in [1.82, 2.24) is 5.32 Å². The molecule has 2 aromatic rings. The number of ether oxygens (including phenoxy) is 2. The number of rotatable bonds is 5. The molecule has 1 unspecified atom stereocenters. The molecule has 4 nitrogen and oxygen atoms in total. The highest BCUT2D eigenvalue weighted by atomic mass is 79.9. The number of amides is 1. The molecule has 3 rings (SSSR count). The minimum atomic E-state index is -0.0844. The topological polar surface area (TPSA) is 47.6 Å². The summed E-state index contributed by atoms with van der Waals surface area (Å²) in [6, 6.07) is 13.6. The number of carbonyl (C=O) groups excluding carboxylic acids is 1. The molecule has 0 aliphatic carbocycles. The smallest absolute Gasteiger partial charge is 0.230 e. The van der Waals surface area contributed by atoms with E-state index in [1.807, 2.05) is 49.4 Å². The number of fused-ring (bicyclic) bond motifs is 1. The molecule has 1 atom stereocenters. The Morgan fingerprint density at radius 3 is 2.62 bits per heavy atom. The number of benzene rings is 2. The molecule has 1 amide bonds. The molecule has 0 spiro atoms. The van der Waals surface area contributed by atoms with Gasteiger partial charge in [0.15, 0.2) is 11.5 Å². The second kappa shape index (κ2) is 7.94. The Kier molecular flexibility index (Phi) is 5.68. The number of nitrogens with one attached hydrogen (secondary N) is 1. The van der Waals surface area contributed by atoms with Crippen LogP contribution >= 0.6 is 27.7 Å². The Morgan fingerprint density at radius 1 is 1.17 bits per heavy atom. The lowest BCUT2D eigenvalue weighted by atomic mass is 10.1. The third kappa shape index (κ3) is 4.45. The van der Waals surface area contributed by atoms with Gasteiger partial charge in [-0.3, -0.25) is 4.79 Å². The monoisotopic (exact) mass is 407 g/mol. The van der Waals surface area contributed by atoms with Crippen molar-refractivity contribution in [2.45, 2.75) is 17.9 Å². The molecule has 6 heteroatoms. The van der Waals surface area contributed by atoms with Gasteiger partial charge in [-0.05, 0) is 48.9 Å². The molecular weight excluding hydrogens is 390 g/mol. The second-order valence-corrected chi connectivity index (χ2v) is 7.40. The zero-order valence-electron chi connectivity index (χ0n) is 13.3. The highest BCUT2D eigenvalue weighted by molar-refractivity contribution is 9.10. The van der Waals surface area contributed by atoms with Crippen molar-refractivity contribution in [1.29, 1.82) is 0 Å². The molecule has 0 aromatic heterocycles. The van der Waals surface area contributed by atoms with Gasteiger partial charge in [0, 0.05) is 9.37 Å². The van der Waals surface area contributed by atoms with Crippen molar-refractivity contribution in [2.24, 2.45) is 0 Å². The molecule has 1 aliphatic heterocycles. The maximum Gasteiger partial charge on any atom is 0.230 e. The molecule has 0 radical (unpaired) electrons. The number of thioether (sulfide) groups is 1. The van der Waals surface area contributed by atoms with E-state index in [-0.39, 0.29) is 11.9 Å². The minimum Gasteiger partial charge on any atom is -0.486 e. The summed E-state index contributed by atoms with van der Waals surface area (Å²) in [6.07, 6.45) is 0. The molecule has 0 bridgehead atoms. The summed E-state index contributed by atoms with van der Waals surface area (Å²) >= 11 is 4.92. The van der Waals surface area contributed by atoms with Gasteiger partial charge in [-0.2, -0.15) is 0 Å². The van der Waals surface area contributed by atoms with Crippen LogP contribution in [0.2, 0.25) is 0 Å². The van der Waals surface area contributed by atoms with E-state index in [0.717, 1.165) is 26.4 Å². The van der Waals surface area contributed by atoms with Crippen LogP contribution in [0, 0.1) is 0 Å². The number of carbonyl (C=O) groups is 1. The van der Waals surface area contributed by atoms with Crippen LogP contribution in [-0.2, 0) is 4.79 Å². The standard InChI is InChI=1S/C18H18BrNO3S/c1-12(13-2-7-16-17(10-13)23-9-8-22-16)20-18(21)11-24-15-5-3-14(19)4-6-15/h2-7,10,12H,8-9,11H2,1H3,(H,20,21). The lowest BCUT2D eigenvalue weighted by Crippen LogP contribution is -2.28. The summed E-state index contributed by atoms with van der Waals surface area (Å²) in [4.78, 5) is 13.2. The Hall–Kier alpha value is -1.66. The van der Waals surface area contributed by atoms with Crippen molar-refractivity contribution < 1.29 is 14.3 Å². The van der Waals surface area contributed by atoms with Gasteiger partial charge >= 0.3 is 0 Å². The van der Waals surface area contributed by atoms with Gasteiger partial charge in [-0.1, -0.05) is 22.0 Å². The van der Waals surface area contributed by atoms with Crippen LogP contribution < -0.4 is 14.8 Å². The third-order valence-corrected chi connectivity index (χ3v) is 5.17. The summed E-state index contributed by atoms with van der Waals surface area (Å²) < 4.78 is 12.1. The summed E-state index contributed by atoms with van der Waals surface area (Å²) in [5.41, 5.74) is 1.00. The highest BCUT2D eigenvalue weighted by Crippen LogP contribution is 2.32. The van der Waals surface area contributed by atoms with Gasteiger partial charge in [0.1, 0.15) is 13.2 Å². The van der Waals surface area contributed by atoms with Crippen molar-refractivity contribution in [3.63, 3.8) is 0 Å². The maximum absolute atomic E-state index is 12.2. The first-order valence-corrected chi connectivity index (χ1v) is 9.47. The third-order valence-electron chi connectivity index (χ3n) is 3.63. The zero-order valence-corrected chi connectivity index (χ0v) is 15.7. The summed E-state index contributed by atoms with van der Waals surface area (Å²) in [6.45, 7) is 3.10. The summed E-state index contributed by atoms with van der Waals surface area (Å²) in [7, 11) is 0. The number of hydrogen-bond donors (Lipinski definition) is 1. The van der Waals surface area contributed by atoms with E-state index in [9.17, 15) is 4.79 Å². The molecule has 1 N–H and O–H groups in total. The molecule has 0 saturated carbocycles. The fourth-order valence-corrected chi connectivity index (χ4v) is 3.35. The fraction of sp³-hybridized carbons (Fsp3) is 0.278. The molecule has 0 fully saturated rings. The predicted molar refractivity (Wildman–Crippen MR) is 98.9 cm³/mol. The molecular formula is C18H18BrNO3S. The maximum atomic E-state index is 12.2. The number of halogens is 1. The van der Waals surface area contributed by atoms with Crippen molar-refractivity contribution in [3.05, 3.63) is 52.5 Å². The van der Waals surface area contributed by atoms with Crippen LogP contribution in [0.25, 0.3) is 0 Å². The minimum absolute atomic E-state index is 0.00491. The Bertz CT molecular complexity index is 721. The SMILES string of the molecule is CC(NC(=O)CSc1ccc(Br)cc1)c1ccc2c(c1)OCCO2. The van der Waals surface area contributed by atoms with Gasteiger partial charge in [0.25, 0.3) is 0 Å². The Morgan fingerprint density at radius 2 is 1.88 bits per heavy atom. The van der Waals surface area contributed by atoms with Crippen LogP contribution in [0.15, 0.2) is 51.8 Å². The molecule has 1 aliphatic rings. The van der Waals surface area contributed by atoms with Crippen LogP contribution in [0.3, 0.4) is 0 Å². The molecule has 2 aromatic carbocycles. The fourth-order valence-electron chi connectivity index (χ4n) is 2.38. The molecule has 24 heavy (non-hydrogen) atoms. The summed E-state index contributed by atoms with van der Waals surface area (Å²) in [5.74, 6) is 1.89. The van der Waals surface area contributed by atoms with Crippen LogP contribution in [0.1, 0.15) is 18.5 Å². The van der Waals surface area contributed by atoms with E-state index in [1.165, 1.54) is 11.8 Å². The van der Waals surface area contributed by atoms with Crippen molar-refractivity contribution >= 4 is 33.6 Å². The van der Waals surface area contributed by atoms with E-state index in [2.05, 4.69) is 21.2 Å². The van der Waals surface area contributed by atoms with Crippen LogP contribution in [0.5, 0.6) is 11.5 Å². The molecule has 126 valence electrons. The molecule has 1 heterocycles. The lowest BCUT2D eigenvalue weighted by Gasteiger charge is -2.21. The lowest BCUT2D eigenvalue weighted by molar-refractivity contribution is -0.119. The van der Waals surface area contributed by atoms with Gasteiger partial charge in [-0.25, -0.2) is 0 Å². The van der Waals surface area contributed by atoms with E-state index < -0.39 is 0 Å². The van der Waals surface area contributed by atoms with E-state index in [1.54, 1.807) is 0 Å². The van der Waals surface area contributed by atoms with Crippen molar-refractivity contribution in [2.75, 3.05) is 19.0 Å². The highest BCUT2D eigenvalue weighted by Gasteiger charge is 2.15. The van der Waals surface area contributed by atoms with Gasteiger partial charge in [0.2, 0.25) is 5.91 Å². The average molecular weight is 408 g/mol. The van der Waals surface area contributed by atoms with Gasteiger partial charge < -0.3 is 14.8 Å². The largest absolute Gasteiger partial charge is 0.486 e. The quantitative estimate of drug-likeness (QED) is 0.754. The Labute approximate surface area is 154 Å². The first-order chi connectivity index (χ1) is 11.6. The predicted octanol–water partition coefficient (Wildman–Crippen LogP) is 4.19. The number of hydrogen-bond acceptors (Lipinski definition) is 4. The van der Waals surface area contributed by atoms with Gasteiger partial charge in [-0.15, -0.1) is 11.8 Å². The Balaban J connectivity index is 1.55. The van der Waals surface area contributed by atoms with E-state index in [0.29, 0.717) is 19.0 Å². The van der Waals surface area contributed by atoms with Crippen molar-refractivity contribution in [3.8, 4) is 11.5 Å². The first-order valence-electron chi connectivity index (χ1n) is 7.69. The second-order valence-electron chi connectivity index (χ2n) is 5.43. The van der Waals surface area contributed by atoms with E-state index in [4.69, 9.17) is 9.47 Å². The zero-order chi connectivity index (χ0) is 16.9. The van der Waals surface area contributed by atoms with Gasteiger partial charge in [0.05, 0.1) is 11.8 Å². The average Bonchev–Trinajstić information content (AvgIpc) is 2.61. The normalized spacial score (nSPS) is 14.1. The van der Waals surface area contributed by atoms with E-state index >= 15 is 0 Å². The first kappa shape index (κ1) is 17.2. The van der Waals surface area contributed by atoms with Crippen LogP contribution in [-0.4, -0.2) is 24.9 Å². The van der Waals surface area contributed by atoms with Crippen LogP contribution in [0.4, 0.5) is 0 Å². The summed E-state index contributed by atoms with van der Waals surface area (Å²) in [5, 5.41) is 3.02.